The van der Waals surface area contributed by atoms with Crippen LogP contribution in [0.5, 0.6) is 0 Å². The second-order valence-corrected chi connectivity index (χ2v) is 5.30. The third kappa shape index (κ3) is 6.12. The summed E-state index contributed by atoms with van der Waals surface area (Å²) in [7, 11) is 0. The minimum atomic E-state index is -0.392. The SMILES string of the molecule is C=C(C)C(=O)OCCOC1=CCC(OCc2ccccc2)C=C1. The maximum atomic E-state index is 11.2. The lowest BCUT2D eigenvalue weighted by molar-refractivity contribution is -0.140. The highest BCUT2D eigenvalue weighted by atomic mass is 16.6. The van der Waals surface area contributed by atoms with Crippen molar-refractivity contribution in [3.63, 3.8) is 0 Å². The Morgan fingerprint density at radius 3 is 2.70 bits per heavy atom. The number of hydrogen-bond donors (Lipinski definition) is 0. The van der Waals surface area contributed by atoms with E-state index in [2.05, 4.69) is 6.58 Å². The first-order valence-corrected chi connectivity index (χ1v) is 7.64. The fourth-order valence-corrected chi connectivity index (χ4v) is 2.01. The first-order chi connectivity index (χ1) is 11.1. The van der Waals surface area contributed by atoms with E-state index in [4.69, 9.17) is 14.2 Å². The van der Waals surface area contributed by atoms with Crippen molar-refractivity contribution in [1.29, 1.82) is 0 Å². The van der Waals surface area contributed by atoms with Crippen molar-refractivity contribution in [2.45, 2.75) is 26.1 Å². The third-order valence-corrected chi connectivity index (χ3v) is 3.27. The van der Waals surface area contributed by atoms with Crippen molar-refractivity contribution in [2.75, 3.05) is 13.2 Å². The van der Waals surface area contributed by atoms with Crippen molar-refractivity contribution >= 4 is 5.97 Å². The summed E-state index contributed by atoms with van der Waals surface area (Å²) in [6, 6.07) is 10.1. The van der Waals surface area contributed by atoms with Gasteiger partial charge in [0.25, 0.3) is 0 Å². The van der Waals surface area contributed by atoms with Crippen LogP contribution in [0.1, 0.15) is 18.9 Å². The number of esters is 1. The molecule has 0 fully saturated rings. The maximum Gasteiger partial charge on any atom is 0.333 e. The minimum Gasteiger partial charge on any atom is -0.490 e. The van der Waals surface area contributed by atoms with Crippen molar-refractivity contribution in [3.05, 3.63) is 72.0 Å². The van der Waals surface area contributed by atoms with Gasteiger partial charge < -0.3 is 14.2 Å². The number of benzene rings is 1. The standard InChI is InChI=1S/C19H22O4/c1-15(2)19(20)22-13-12-21-17-8-10-18(11-9-17)23-14-16-6-4-3-5-7-16/h3-10,18H,1,11-14H2,2H3. The molecule has 0 saturated carbocycles. The van der Waals surface area contributed by atoms with Gasteiger partial charge in [-0.15, -0.1) is 0 Å². The molecule has 122 valence electrons. The highest BCUT2D eigenvalue weighted by Gasteiger charge is 2.10. The monoisotopic (exact) mass is 314 g/mol. The van der Waals surface area contributed by atoms with Crippen LogP contribution in [0, 0.1) is 0 Å². The zero-order valence-corrected chi connectivity index (χ0v) is 13.4. The molecule has 0 heterocycles. The van der Waals surface area contributed by atoms with Crippen LogP contribution in [0.2, 0.25) is 0 Å². The van der Waals surface area contributed by atoms with E-state index >= 15 is 0 Å². The Labute approximate surface area is 137 Å². The summed E-state index contributed by atoms with van der Waals surface area (Å²) in [5, 5.41) is 0. The van der Waals surface area contributed by atoms with Gasteiger partial charge in [-0.05, 0) is 31.1 Å². The van der Waals surface area contributed by atoms with Crippen molar-refractivity contribution in [1.82, 2.24) is 0 Å². The van der Waals surface area contributed by atoms with Crippen molar-refractivity contribution in [2.24, 2.45) is 0 Å². The maximum absolute atomic E-state index is 11.2. The molecule has 23 heavy (non-hydrogen) atoms. The Kier molecular flexibility index (Phi) is 6.63. The van der Waals surface area contributed by atoms with Crippen LogP contribution in [0.15, 0.2) is 66.5 Å². The zero-order valence-electron chi connectivity index (χ0n) is 13.4. The molecule has 0 aliphatic heterocycles. The summed E-state index contributed by atoms with van der Waals surface area (Å²) in [4.78, 5) is 11.2. The molecule has 4 nitrogen and oxygen atoms in total. The molecule has 1 atom stereocenters. The van der Waals surface area contributed by atoms with Crippen LogP contribution in [-0.2, 0) is 25.6 Å². The van der Waals surface area contributed by atoms with Gasteiger partial charge in [0.15, 0.2) is 0 Å². The molecule has 0 radical (unpaired) electrons. The van der Waals surface area contributed by atoms with Crippen LogP contribution in [0.4, 0.5) is 0 Å². The molecule has 1 aromatic rings. The van der Waals surface area contributed by atoms with Gasteiger partial charge in [-0.1, -0.05) is 43.0 Å². The quantitative estimate of drug-likeness (QED) is 0.418. The topological polar surface area (TPSA) is 44.8 Å². The van der Waals surface area contributed by atoms with Gasteiger partial charge in [0.2, 0.25) is 0 Å². The van der Waals surface area contributed by atoms with Gasteiger partial charge in [0.05, 0.1) is 12.7 Å². The Bertz CT molecular complexity index is 587. The van der Waals surface area contributed by atoms with Crippen LogP contribution >= 0.6 is 0 Å². The lowest BCUT2D eigenvalue weighted by Crippen LogP contribution is -2.14. The third-order valence-electron chi connectivity index (χ3n) is 3.27. The van der Waals surface area contributed by atoms with Gasteiger partial charge in [-0.25, -0.2) is 4.79 Å². The van der Waals surface area contributed by atoms with E-state index in [-0.39, 0.29) is 12.7 Å². The second kappa shape index (κ2) is 8.96. The van der Waals surface area contributed by atoms with Gasteiger partial charge in [-0.3, -0.25) is 0 Å². The van der Waals surface area contributed by atoms with Gasteiger partial charge in [0.1, 0.15) is 19.0 Å². The predicted octanol–water partition coefficient (Wildman–Crippen LogP) is 3.55. The smallest absolute Gasteiger partial charge is 0.333 e. The molecule has 1 aliphatic carbocycles. The average Bonchev–Trinajstić information content (AvgIpc) is 2.58. The molecule has 0 amide bonds. The number of hydrogen-bond acceptors (Lipinski definition) is 4. The second-order valence-electron chi connectivity index (χ2n) is 5.30. The van der Waals surface area contributed by atoms with Gasteiger partial charge in [0, 0.05) is 5.57 Å². The molecule has 0 saturated heterocycles. The summed E-state index contributed by atoms with van der Waals surface area (Å²) in [5.41, 5.74) is 1.55. The van der Waals surface area contributed by atoms with Crippen LogP contribution < -0.4 is 0 Å². The fraction of sp³-hybridized carbons (Fsp3) is 0.316. The van der Waals surface area contributed by atoms with E-state index in [0.29, 0.717) is 18.8 Å². The van der Waals surface area contributed by atoms with E-state index < -0.39 is 5.97 Å². The van der Waals surface area contributed by atoms with Crippen LogP contribution in [-0.4, -0.2) is 25.3 Å². The molecular weight excluding hydrogens is 292 g/mol. The van der Waals surface area contributed by atoms with Gasteiger partial charge >= 0.3 is 5.97 Å². The lowest BCUT2D eigenvalue weighted by atomic mass is 10.1. The van der Waals surface area contributed by atoms with Gasteiger partial charge in [-0.2, -0.15) is 0 Å². The molecular formula is C19H22O4. The minimum absolute atomic E-state index is 0.0591. The van der Waals surface area contributed by atoms with Crippen molar-refractivity contribution in [3.8, 4) is 0 Å². The largest absolute Gasteiger partial charge is 0.490 e. The van der Waals surface area contributed by atoms with E-state index in [1.807, 2.05) is 48.6 Å². The highest BCUT2D eigenvalue weighted by Crippen LogP contribution is 2.16. The molecule has 1 aromatic carbocycles. The molecule has 1 aliphatic rings. The number of allylic oxidation sites excluding steroid dienone is 1. The number of carbonyl (C=O) groups excluding carboxylic acids is 1. The summed E-state index contributed by atoms with van der Waals surface area (Å²) in [6.07, 6.45) is 6.68. The van der Waals surface area contributed by atoms with Crippen LogP contribution in [0.25, 0.3) is 0 Å². The first kappa shape index (κ1) is 17.0. The van der Waals surface area contributed by atoms with E-state index in [1.165, 1.54) is 0 Å². The summed E-state index contributed by atoms with van der Waals surface area (Å²) >= 11 is 0. The average molecular weight is 314 g/mol. The lowest BCUT2D eigenvalue weighted by Gasteiger charge is -2.17. The Morgan fingerprint density at radius 2 is 2.04 bits per heavy atom. The fourth-order valence-electron chi connectivity index (χ4n) is 2.01. The highest BCUT2D eigenvalue weighted by molar-refractivity contribution is 5.86. The molecule has 0 spiro atoms. The normalized spacial score (nSPS) is 16.6. The Balaban J connectivity index is 1.63. The van der Waals surface area contributed by atoms with E-state index in [0.717, 1.165) is 17.7 Å². The first-order valence-electron chi connectivity index (χ1n) is 7.64. The summed E-state index contributed by atoms with van der Waals surface area (Å²) < 4.78 is 16.3. The number of ether oxygens (including phenoxy) is 3. The Hall–Kier alpha value is -2.33. The molecule has 2 rings (SSSR count). The molecule has 4 heteroatoms. The number of carbonyl (C=O) groups is 1. The van der Waals surface area contributed by atoms with E-state index in [9.17, 15) is 4.79 Å². The van der Waals surface area contributed by atoms with Crippen molar-refractivity contribution < 1.29 is 19.0 Å². The molecule has 0 N–H and O–H groups in total. The summed E-state index contributed by atoms with van der Waals surface area (Å²) in [6.45, 7) is 6.27. The molecule has 1 unspecified atom stereocenters. The predicted molar refractivity (Wildman–Crippen MR) is 88.6 cm³/mol. The molecule has 0 aromatic heterocycles. The van der Waals surface area contributed by atoms with Crippen LogP contribution in [0.3, 0.4) is 0 Å². The Morgan fingerprint density at radius 1 is 1.26 bits per heavy atom. The summed E-state index contributed by atoms with van der Waals surface area (Å²) in [5.74, 6) is 0.382. The number of rotatable bonds is 8. The van der Waals surface area contributed by atoms with E-state index in [1.54, 1.807) is 6.92 Å². The zero-order chi connectivity index (χ0) is 16.5. The molecule has 0 bridgehead atoms.